The first kappa shape index (κ1) is 10.7. The van der Waals surface area contributed by atoms with E-state index in [1.165, 1.54) is 9.75 Å². The standard InChI is InChI=1S/C11H17FS/c1-2-10-7-8-11(13-10)6-4-3-5-9-12/h7-8H,2-6,9H2,1H3. The highest BCUT2D eigenvalue weighted by atomic mass is 32.1. The number of alkyl halides is 1. The first-order valence-electron chi connectivity index (χ1n) is 5.00. The average molecular weight is 200 g/mol. The SMILES string of the molecule is CCc1ccc(CCCCCF)s1. The van der Waals surface area contributed by atoms with Crippen LogP contribution in [0.3, 0.4) is 0 Å². The van der Waals surface area contributed by atoms with E-state index in [2.05, 4.69) is 19.1 Å². The van der Waals surface area contributed by atoms with Gasteiger partial charge in [-0.2, -0.15) is 0 Å². The van der Waals surface area contributed by atoms with Crippen molar-refractivity contribution in [3.05, 3.63) is 21.9 Å². The van der Waals surface area contributed by atoms with E-state index in [1.54, 1.807) is 0 Å². The molecule has 0 saturated carbocycles. The van der Waals surface area contributed by atoms with Crippen molar-refractivity contribution in [3.8, 4) is 0 Å². The molecule has 0 aliphatic rings. The van der Waals surface area contributed by atoms with Crippen LogP contribution in [0.5, 0.6) is 0 Å². The van der Waals surface area contributed by atoms with Crippen molar-refractivity contribution in [3.63, 3.8) is 0 Å². The van der Waals surface area contributed by atoms with Gasteiger partial charge in [-0.25, -0.2) is 0 Å². The number of halogens is 1. The van der Waals surface area contributed by atoms with Crippen molar-refractivity contribution in [2.75, 3.05) is 6.67 Å². The second-order valence-electron chi connectivity index (χ2n) is 3.22. The normalized spacial score (nSPS) is 10.6. The van der Waals surface area contributed by atoms with Gasteiger partial charge in [0.1, 0.15) is 0 Å². The third kappa shape index (κ3) is 3.90. The summed E-state index contributed by atoms with van der Waals surface area (Å²) in [6, 6.07) is 4.41. The predicted octanol–water partition coefficient (Wildman–Crippen LogP) is 3.99. The Morgan fingerprint density at radius 2 is 1.92 bits per heavy atom. The van der Waals surface area contributed by atoms with E-state index in [0.29, 0.717) is 0 Å². The minimum absolute atomic E-state index is 0.162. The predicted molar refractivity (Wildman–Crippen MR) is 57.2 cm³/mol. The molecule has 1 aromatic heterocycles. The summed E-state index contributed by atoms with van der Waals surface area (Å²) in [6.45, 7) is 2.02. The molecule has 0 nitrogen and oxygen atoms in total. The van der Waals surface area contributed by atoms with Gasteiger partial charge in [0.05, 0.1) is 6.67 Å². The van der Waals surface area contributed by atoms with Crippen LogP contribution >= 0.6 is 11.3 Å². The Kier molecular flexibility index (Phi) is 5.06. The summed E-state index contributed by atoms with van der Waals surface area (Å²) < 4.78 is 11.8. The van der Waals surface area contributed by atoms with Gasteiger partial charge >= 0.3 is 0 Å². The molecule has 0 aromatic carbocycles. The molecule has 1 aromatic rings. The monoisotopic (exact) mass is 200 g/mol. The van der Waals surface area contributed by atoms with Crippen molar-refractivity contribution in [1.29, 1.82) is 0 Å². The quantitative estimate of drug-likeness (QED) is 0.609. The molecule has 1 heterocycles. The van der Waals surface area contributed by atoms with E-state index < -0.39 is 0 Å². The van der Waals surface area contributed by atoms with Gasteiger partial charge in [0.2, 0.25) is 0 Å². The fourth-order valence-corrected chi connectivity index (χ4v) is 2.32. The lowest BCUT2D eigenvalue weighted by Crippen LogP contribution is -1.82. The summed E-state index contributed by atoms with van der Waals surface area (Å²) in [5.41, 5.74) is 0. The molecule has 0 spiro atoms. The molecule has 0 atom stereocenters. The van der Waals surface area contributed by atoms with Gasteiger partial charge < -0.3 is 0 Å². The molecule has 0 bridgehead atoms. The Balaban J connectivity index is 2.20. The molecule has 0 radical (unpaired) electrons. The lowest BCUT2D eigenvalue weighted by atomic mass is 10.2. The van der Waals surface area contributed by atoms with Crippen molar-refractivity contribution in [2.45, 2.75) is 39.0 Å². The first-order valence-corrected chi connectivity index (χ1v) is 5.82. The maximum atomic E-state index is 11.8. The van der Waals surface area contributed by atoms with Gasteiger partial charge in [-0.05, 0) is 37.8 Å². The smallest absolute Gasteiger partial charge is 0.0894 e. The number of unbranched alkanes of at least 4 members (excludes halogenated alkanes) is 2. The zero-order valence-electron chi connectivity index (χ0n) is 8.18. The van der Waals surface area contributed by atoms with Crippen LogP contribution < -0.4 is 0 Å². The molecular formula is C11H17FS. The Labute approximate surface area is 83.8 Å². The summed E-state index contributed by atoms with van der Waals surface area (Å²) in [7, 11) is 0. The molecule has 13 heavy (non-hydrogen) atoms. The zero-order chi connectivity index (χ0) is 9.52. The minimum atomic E-state index is -0.162. The maximum absolute atomic E-state index is 11.8. The molecule has 0 amide bonds. The van der Waals surface area contributed by atoms with Gasteiger partial charge in [-0.3, -0.25) is 4.39 Å². The van der Waals surface area contributed by atoms with Gasteiger partial charge in [0, 0.05) is 9.75 Å². The average Bonchev–Trinajstić information content (AvgIpc) is 2.60. The Bertz CT molecular complexity index is 230. The highest BCUT2D eigenvalue weighted by Crippen LogP contribution is 2.19. The van der Waals surface area contributed by atoms with E-state index in [1.807, 2.05) is 11.3 Å². The fraction of sp³-hybridized carbons (Fsp3) is 0.636. The molecule has 0 fully saturated rings. The fourth-order valence-electron chi connectivity index (χ4n) is 1.32. The van der Waals surface area contributed by atoms with Crippen molar-refractivity contribution in [2.24, 2.45) is 0 Å². The van der Waals surface area contributed by atoms with Crippen molar-refractivity contribution >= 4 is 11.3 Å². The van der Waals surface area contributed by atoms with Gasteiger partial charge in [0.25, 0.3) is 0 Å². The van der Waals surface area contributed by atoms with E-state index >= 15 is 0 Å². The maximum Gasteiger partial charge on any atom is 0.0894 e. The summed E-state index contributed by atoms with van der Waals surface area (Å²) in [5.74, 6) is 0. The van der Waals surface area contributed by atoms with Crippen molar-refractivity contribution < 1.29 is 4.39 Å². The van der Waals surface area contributed by atoms with E-state index in [0.717, 1.165) is 32.1 Å². The van der Waals surface area contributed by atoms with Crippen LogP contribution in [0.15, 0.2) is 12.1 Å². The van der Waals surface area contributed by atoms with Crippen molar-refractivity contribution in [1.82, 2.24) is 0 Å². The second-order valence-corrected chi connectivity index (χ2v) is 4.47. The van der Waals surface area contributed by atoms with E-state index in [9.17, 15) is 4.39 Å². The van der Waals surface area contributed by atoms with E-state index in [4.69, 9.17) is 0 Å². The molecule has 0 N–H and O–H groups in total. The highest BCUT2D eigenvalue weighted by molar-refractivity contribution is 7.11. The number of aryl methyl sites for hydroxylation is 2. The molecule has 0 aliphatic heterocycles. The summed E-state index contributed by atoms with van der Waals surface area (Å²) >= 11 is 1.90. The van der Waals surface area contributed by atoms with Crippen LogP contribution in [0.2, 0.25) is 0 Å². The van der Waals surface area contributed by atoms with E-state index in [-0.39, 0.29) is 6.67 Å². The van der Waals surface area contributed by atoms with Crippen LogP contribution in [0.25, 0.3) is 0 Å². The van der Waals surface area contributed by atoms with Crippen LogP contribution in [-0.4, -0.2) is 6.67 Å². The Morgan fingerprint density at radius 3 is 2.54 bits per heavy atom. The lowest BCUT2D eigenvalue weighted by molar-refractivity contribution is 0.456. The first-order chi connectivity index (χ1) is 6.36. The number of hydrogen-bond donors (Lipinski definition) is 0. The van der Waals surface area contributed by atoms with Gasteiger partial charge in [-0.1, -0.05) is 13.3 Å². The molecule has 0 saturated heterocycles. The molecule has 74 valence electrons. The third-order valence-electron chi connectivity index (χ3n) is 2.12. The molecule has 1 rings (SSSR count). The van der Waals surface area contributed by atoms with Gasteiger partial charge in [-0.15, -0.1) is 11.3 Å². The van der Waals surface area contributed by atoms with Crippen LogP contribution in [0.1, 0.15) is 35.9 Å². The summed E-state index contributed by atoms with van der Waals surface area (Å²) in [5, 5.41) is 0. The van der Waals surface area contributed by atoms with Crippen LogP contribution in [0, 0.1) is 0 Å². The molecule has 2 heteroatoms. The molecular weight excluding hydrogens is 183 g/mol. The summed E-state index contributed by atoms with van der Waals surface area (Å²) in [4.78, 5) is 2.91. The Hall–Kier alpha value is -0.370. The topological polar surface area (TPSA) is 0 Å². The number of thiophene rings is 1. The second kappa shape index (κ2) is 6.14. The third-order valence-corrected chi connectivity index (χ3v) is 3.41. The number of hydrogen-bond acceptors (Lipinski definition) is 1. The minimum Gasteiger partial charge on any atom is -0.251 e. The zero-order valence-corrected chi connectivity index (χ0v) is 9.00. The molecule has 0 aliphatic carbocycles. The molecule has 0 unspecified atom stereocenters. The summed E-state index contributed by atoms with van der Waals surface area (Å²) in [6.07, 6.45) is 5.15. The highest BCUT2D eigenvalue weighted by Gasteiger charge is 1.98. The van der Waals surface area contributed by atoms with Crippen LogP contribution in [0.4, 0.5) is 4.39 Å². The number of rotatable bonds is 6. The largest absolute Gasteiger partial charge is 0.251 e. The van der Waals surface area contributed by atoms with Gasteiger partial charge in [0.15, 0.2) is 0 Å². The lowest BCUT2D eigenvalue weighted by Gasteiger charge is -1.95. The van der Waals surface area contributed by atoms with Crippen LogP contribution in [-0.2, 0) is 12.8 Å². The Morgan fingerprint density at radius 1 is 1.15 bits per heavy atom.